The molecular weight excluding hydrogens is 284 g/mol. The Morgan fingerprint density at radius 2 is 2.05 bits per heavy atom. The van der Waals surface area contributed by atoms with Gasteiger partial charge in [0.15, 0.2) is 11.5 Å². The van der Waals surface area contributed by atoms with E-state index in [2.05, 4.69) is 15.7 Å². The fourth-order valence-electron chi connectivity index (χ4n) is 2.02. The summed E-state index contributed by atoms with van der Waals surface area (Å²) >= 11 is 0. The number of urea groups is 1. The number of hydrogen-bond donors (Lipinski definition) is 2. The van der Waals surface area contributed by atoms with Gasteiger partial charge in [0.1, 0.15) is 0 Å². The fourth-order valence-corrected chi connectivity index (χ4v) is 2.02. The number of ether oxygens (including phenoxy) is 2. The first kappa shape index (κ1) is 15.7. The second-order valence-corrected chi connectivity index (χ2v) is 4.72. The summed E-state index contributed by atoms with van der Waals surface area (Å²) in [4.78, 5) is 11.7. The number of carbonyl (C=O) groups is 1. The van der Waals surface area contributed by atoms with E-state index in [-0.39, 0.29) is 6.03 Å². The Balaban J connectivity index is 1.82. The number of amides is 2. The summed E-state index contributed by atoms with van der Waals surface area (Å²) in [5.41, 5.74) is 1.71. The number of anilines is 1. The van der Waals surface area contributed by atoms with E-state index in [0.29, 0.717) is 30.2 Å². The van der Waals surface area contributed by atoms with E-state index in [1.165, 1.54) is 0 Å². The first-order chi connectivity index (χ1) is 10.6. The Bertz CT molecular complexity index is 639. The minimum Gasteiger partial charge on any atom is -0.493 e. The van der Waals surface area contributed by atoms with Crippen LogP contribution in [0.4, 0.5) is 10.5 Å². The number of nitrogens with zero attached hydrogens (tertiary/aromatic N) is 2. The number of methoxy groups -OCH3 is 2. The van der Waals surface area contributed by atoms with Crippen LogP contribution in [0.5, 0.6) is 11.5 Å². The topological polar surface area (TPSA) is 77.4 Å². The molecule has 0 radical (unpaired) electrons. The van der Waals surface area contributed by atoms with Gasteiger partial charge in [-0.05, 0) is 24.1 Å². The second kappa shape index (κ2) is 7.35. The van der Waals surface area contributed by atoms with Crippen LogP contribution in [0, 0.1) is 0 Å². The summed E-state index contributed by atoms with van der Waals surface area (Å²) in [6.07, 6.45) is 4.02. The molecule has 0 unspecified atom stereocenters. The van der Waals surface area contributed by atoms with Crippen LogP contribution in [0.15, 0.2) is 30.6 Å². The van der Waals surface area contributed by atoms with E-state index in [0.717, 1.165) is 5.56 Å². The number of rotatable bonds is 6. The molecular formula is C15H20N4O3. The van der Waals surface area contributed by atoms with Gasteiger partial charge in [0.05, 0.1) is 26.1 Å². The zero-order chi connectivity index (χ0) is 15.9. The molecule has 7 nitrogen and oxygen atoms in total. The van der Waals surface area contributed by atoms with Gasteiger partial charge in [-0.25, -0.2) is 4.79 Å². The van der Waals surface area contributed by atoms with Gasteiger partial charge in [-0.2, -0.15) is 5.10 Å². The summed E-state index contributed by atoms with van der Waals surface area (Å²) in [5.74, 6) is 1.37. The molecule has 0 saturated carbocycles. The smallest absolute Gasteiger partial charge is 0.319 e. The lowest BCUT2D eigenvalue weighted by Gasteiger charge is -2.10. The maximum absolute atomic E-state index is 11.7. The van der Waals surface area contributed by atoms with E-state index in [1.54, 1.807) is 38.3 Å². The molecule has 0 fully saturated rings. The van der Waals surface area contributed by atoms with Gasteiger partial charge in [0.25, 0.3) is 0 Å². The van der Waals surface area contributed by atoms with Crippen molar-refractivity contribution in [2.75, 3.05) is 26.1 Å². The monoisotopic (exact) mass is 304 g/mol. The normalized spacial score (nSPS) is 10.1. The van der Waals surface area contributed by atoms with Crippen LogP contribution in [-0.2, 0) is 13.5 Å². The highest BCUT2D eigenvalue weighted by Gasteiger charge is 2.06. The SMILES string of the molecule is COc1ccc(CCNC(=O)Nc2cnn(C)c2)cc1OC. The van der Waals surface area contributed by atoms with Crippen molar-refractivity contribution < 1.29 is 14.3 Å². The quantitative estimate of drug-likeness (QED) is 0.853. The molecule has 1 aromatic carbocycles. The Hall–Kier alpha value is -2.70. The highest BCUT2D eigenvalue weighted by Crippen LogP contribution is 2.27. The van der Waals surface area contributed by atoms with Crippen molar-refractivity contribution in [3.8, 4) is 11.5 Å². The minimum atomic E-state index is -0.256. The van der Waals surface area contributed by atoms with E-state index >= 15 is 0 Å². The van der Waals surface area contributed by atoms with Crippen LogP contribution in [-0.4, -0.2) is 36.6 Å². The molecule has 118 valence electrons. The number of nitrogens with one attached hydrogen (secondary N) is 2. The number of aryl methyl sites for hydroxylation is 1. The van der Waals surface area contributed by atoms with Crippen molar-refractivity contribution in [1.29, 1.82) is 0 Å². The van der Waals surface area contributed by atoms with Gasteiger partial charge >= 0.3 is 6.03 Å². The predicted molar refractivity (Wildman–Crippen MR) is 83.5 cm³/mol. The standard InChI is InChI=1S/C15H20N4O3/c1-19-10-12(9-17-19)18-15(20)16-7-6-11-4-5-13(21-2)14(8-11)22-3/h4-5,8-10H,6-7H2,1-3H3,(H2,16,18,20). The molecule has 0 atom stereocenters. The fraction of sp³-hybridized carbons (Fsp3) is 0.333. The summed E-state index contributed by atoms with van der Waals surface area (Å²) in [7, 11) is 4.99. The van der Waals surface area contributed by atoms with Crippen LogP contribution in [0.1, 0.15) is 5.56 Å². The molecule has 22 heavy (non-hydrogen) atoms. The van der Waals surface area contributed by atoms with Crippen molar-refractivity contribution in [2.24, 2.45) is 7.05 Å². The molecule has 0 bridgehead atoms. The lowest BCUT2D eigenvalue weighted by molar-refractivity contribution is 0.252. The molecule has 2 amide bonds. The minimum absolute atomic E-state index is 0.256. The first-order valence-corrected chi connectivity index (χ1v) is 6.86. The third-order valence-corrected chi connectivity index (χ3v) is 3.11. The summed E-state index contributed by atoms with van der Waals surface area (Å²) < 4.78 is 12.1. The molecule has 0 aliphatic carbocycles. The molecule has 2 aromatic rings. The molecule has 7 heteroatoms. The lowest BCUT2D eigenvalue weighted by Crippen LogP contribution is -2.30. The highest BCUT2D eigenvalue weighted by molar-refractivity contribution is 5.88. The van der Waals surface area contributed by atoms with Gasteiger partial charge in [0, 0.05) is 19.8 Å². The summed E-state index contributed by atoms with van der Waals surface area (Å²) in [6, 6.07) is 5.44. The molecule has 1 aromatic heterocycles. The molecule has 1 heterocycles. The zero-order valence-electron chi connectivity index (χ0n) is 12.9. The maximum Gasteiger partial charge on any atom is 0.319 e. The molecule has 0 aliphatic heterocycles. The third-order valence-electron chi connectivity index (χ3n) is 3.11. The maximum atomic E-state index is 11.7. The second-order valence-electron chi connectivity index (χ2n) is 4.72. The van der Waals surface area contributed by atoms with Crippen molar-refractivity contribution in [3.63, 3.8) is 0 Å². The van der Waals surface area contributed by atoms with E-state index in [9.17, 15) is 4.79 Å². The Labute approximate surface area is 129 Å². The zero-order valence-corrected chi connectivity index (χ0v) is 12.9. The highest BCUT2D eigenvalue weighted by atomic mass is 16.5. The van der Waals surface area contributed by atoms with Crippen molar-refractivity contribution in [3.05, 3.63) is 36.2 Å². The van der Waals surface area contributed by atoms with Gasteiger partial charge < -0.3 is 20.1 Å². The van der Waals surface area contributed by atoms with E-state index < -0.39 is 0 Å². The van der Waals surface area contributed by atoms with E-state index in [4.69, 9.17) is 9.47 Å². The van der Waals surface area contributed by atoms with Gasteiger partial charge in [-0.15, -0.1) is 0 Å². The Morgan fingerprint density at radius 1 is 1.27 bits per heavy atom. The van der Waals surface area contributed by atoms with Gasteiger partial charge in [-0.1, -0.05) is 6.07 Å². The largest absolute Gasteiger partial charge is 0.493 e. The van der Waals surface area contributed by atoms with Gasteiger partial charge in [-0.3, -0.25) is 4.68 Å². The van der Waals surface area contributed by atoms with Crippen LogP contribution in [0.3, 0.4) is 0 Å². The Kier molecular flexibility index (Phi) is 5.24. The average molecular weight is 304 g/mol. The molecule has 2 rings (SSSR count). The average Bonchev–Trinajstić information content (AvgIpc) is 2.92. The molecule has 0 spiro atoms. The Morgan fingerprint density at radius 3 is 2.68 bits per heavy atom. The third kappa shape index (κ3) is 4.15. The van der Waals surface area contributed by atoms with E-state index in [1.807, 2.05) is 18.2 Å². The lowest BCUT2D eigenvalue weighted by atomic mass is 10.1. The van der Waals surface area contributed by atoms with Crippen molar-refractivity contribution >= 4 is 11.7 Å². The summed E-state index contributed by atoms with van der Waals surface area (Å²) in [6.45, 7) is 0.515. The summed E-state index contributed by atoms with van der Waals surface area (Å²) in [5, 5.41) is 9.49. The van der Waals surface area contributed by atoms with Crippen LogP contribution >= 0.6 is 0 Å². The van der Waals surface area contributed by atoms with Crippen molar-refractivity contribution in [2.45, 2.75) is 6.42 Å². The number of benzene rings is 1. The molecule has 2 N–H and O–H groups in total. The number of carbonyl (C=O) groups excluding carboxylic acids is 1. The number of aromatic nitrogens is 2. The van der Waals surface area contributed by atoms with Gasteiger partial charge in [0.2, 0.25) is 0 Å². The molecule has 0 saturated heterocycles. The number of hydrogen-bond acceptors (Lipinski definition) is 4. The predicted octanol–water partition coefficient (Wildman–Crippen LogP) is 1.80. The molecule has 0 aliphatic rings. The first-order valence-electron chi connectivity index (χ1n) is 6.86. The van der Waals surface area contributed by atoms with Crippen LogP contribution in [0.25, 0.3) is 0 Å². The van der Waals surface area contributed by atoms with Crippen LogP contribution < -0.4 is 20.1 Å². The van der Waals surface area contributed by atoms with Crippen molar-refractivity contribution in [1.82, 2.24) is 15.1 Å². The van der Waals surface area contributed by atoms with Crippen LogP contribution in [0.2, 0.25) is 0 Å².